The van der Waals surface area contributed by atoms with E-state index < -0.39 is 0 Å². The first-order valence-corrected chi connectivity index (χ1v) is 7.55. The van der Waals surface area contributed by atoms with Gasteiger partial charge in [0.25, 0.3) is 0 Å². The molecule has 0 aliphatic heterocycles. The van der Waals surface area contributed by atoms with E-state index in [1.165, 1.54) is 5.52 Å². The van der Waals surface area contributed by atoms with Crippen LogP contribution >= 0.6 is 24.0 Å². The van der Waals surface area contributed by atoms with E-state index >= 15 is 0 Å². The molecule has 0 aliphatic carbocycles. The zero-order chi connectivity index (χ0) is 15.1. The lowest BCUT2D eigenvalue weighted by Crippen LogP contribution is -2.39. The molecule has 6 heteroatoms. The molecular formula is C16H26IN5. The quantitative estimate of drug-likeness (QED) is 0.330. The molecule has 0 unspecified atom stereocenters. The maximum absolute atomic E-state index is 4.40. The summed E-state index contributed by atoms with van der Waals surface area (Å²) in [5, 5.41) is 6.65. The summed E-state index contributed by atoms with van der Waals surface area (Å²) < 4.78 is 2.20. The lowest BCUT2D eigenvalue weighted by atomic mass is 10.2. The highest BCUT2D eigenvalue weighted by atomic mass is 127. The van der Waals surface area contributed by atoms with E-state index in [4.69, 9.17) is 0 Å². The van der Waals surface area contributed by atoms with Gasteiger partial charge in [0, 0.05) is 26.7 Å². The van der Waals surface area contributed by atoms with Gasteiger partial charge in [0.2, 0.25) is 0 Å². The first-order valence-electron chi connectivity index (χ1n) is 7.55. The van der Waals surface area contributed by atoms with Crippen LogP contribution in [0.4, 0.5) is 0 Å². The number of rotatable bonds is 6. The largest absolute Gasteiger partial charge is 0.356 e. The number of aromatic nitrogens is 2. The molecule has 5 nitrogen and oxygen atoms in total. The predicted molar refractivity (Wildman–Crippen MR) is 104 cm³/mol. The van der Waals surface area contributed by atoms with Crippen LogP contribution in [0.3, 0.4) is 0 Å². The fourth-order valence-electron chi connectivity index (χ4n) is 2.17. The number of nitrogens with one attached hydrogen (secondary N) is 2. The molecule has 0 spiro atoms. The molecule has 1 aromatic heterocycles. The number of aliphatic imine (C=N–C) groups is 1. The van der Waals surface area contributed by atoms with Gasteiger partial charge in [-0.15, -0.1) is 24.0 Å². The molecule has 2 aromatic rings. The van der Waals surface area contributed by atoms with Gasteiger partial charge < -0.3 is 15.2 Å². The van der Waals surface area contributed by atoms with Gasteiger partial charge in [-0.05, 0) is 24.5 Å². The van der Waals surface area contributed by atoms with E-state index in [1.54, 1.807) is 7.05 Å². The number of fused-ring (bicyclic) bond motifs is 1. The summed E-state index contributed by atoms with van der Waals surface area (Å²) >= 11 is 0. The van der Waals surface area contributed by atoms with Gasteiger partial charge in [-0.3, -0.25) is 4.99 Å². The normalized spacial score (nSPS) is 11.5. The van der Waals surface area contributed by atoms with Crippen molar-refractivity contribution in [3.63, 3.8) is 0 Å². The molecule has 2 N–H and O–H groups in total. The van der Waals surface area contributed by atoms with Crippen molar-refractivity contribution in [2.24, 2.45) is 10.9 Å². The SMILES string of the molecule is CN=C(NCCCn1cnc2ccccc21)NCC(C)C.I. The first-order chi connectivity index (χ1) is 10.2. The second-order valence-corrected chi connectivity index (χ2v) is 5.55. The maximum Gasteiger partial charge on any atom is 0.190 e. The summed E-state index contributed by atoms with van der Waals surface area (Å²) in [6, 6.07) is 8.22. The van der Waals surface area contributed by atoms with Crippen molar-refractivity contribution in [3.8, 4) is 0 Å². The van der Waals surface area contributed by atoms with Crippen molar-refractivity contribution < 1.29 is 0 Å². The van der Waals surface area contributed by atoms with Crippen LogP contribution in [-0.2, 0) is 6.54 Å². The summed E-state index contributed by atoms with van der Waals surface area (Å²) in [5.74, 6) is 1.49. The number of nitrogens with zero attached hydrogens (tertiary/aromatic N) is 3. The number of hydrogen-bond donors (Lipinski definition) is 2. The third-order valence-corrected chi connectivity index (χ3v) is 3.30. The second-order valence-electron chi connectivity index (χ2n) is 5.55. The molecule has 0 aliphatic rings. The maximum atomic E-state index is 4.40. The van der Waals surface area contributed by atoms with Crippen molar-refractivity contribution in [3.05, 3.63) is 30.6 Å². The van der Waals surface area contributed by atoms with Gasteiger partial charge in [-0.2, -0.15) is 0 Å². The van der Waals surface area contributed by atoms with Crippen LogP contribution in [0.2, 0.25) is 0 Å². The molecule has 1 heterocycles. The number of imidazole rings is 1. The van der Waals surface area contributed by atoms with Crippen LogP contribution in [0, 0.1) is 5.92 Å². The lowest BCUT2D eigenvalue weighted by molar-refractivity contribution is 0.603. The van der Waals surface area contributed by atoms with Crippen LogP contribution < -0.4 is 10.6 Å². The Hall–Kier alpha value is -1.31. The lowest BCUT2D eigenvalue weighted by Gasteiger charge is -2.13. The zero-order valence-corrected chi connectivity index (χ0v) is 15.9. The minimum Gasteiger partial charge on any atom is -0.356 e. The van der Waals surface area contributed by atoms with Gasteiger partial charge in [0.05, 0.1) is 17.4 Å². The van der Waals surface area contributed by atoms with E-state index in [-0.39, 0.29) is 24.0 Å². The Morgan fingerprint density at radius 2 is 2.05 bits per heavy atom. The molecule has 0 fully saturated rings. The molecule has 0 bridgehead atoms. The van der Waals surface area contributed by atoms with Gasteiger partial charge in [-0.1, -0.05) is 26.0 Å². The van der Waals surface area contributed by atoms with Crippen LogP contribution in [0.5, 0.6) is 0 Å². The first kappa shape index (κ1) is 18.7. The molecule has 0 radical (unpaired) electrons. The number of hydrogen-bond acceptors (Lipinski definition) is 2. The Morgan fingerprint density at radius 1 is 1.27 bits per heavy atom. The monoisotopic (exact) mass is 415 g/mol. The molecule has 22 heavy (non-hydrogen) atoms. The highest BCUT2D eigenvalue weighted by molar-refractivity contribution is 14.0. The Kier molecular flexibility index (Phi) is 8.22. The Labute approximate surface area is 149 Å². The van der Waals surface area contributed by atoms with E-state index in [9.17, 15) is 0 Å². The van der Waals surface area contributed by atoms with Gasteiger partial charge in [0.15, 0.2) is 5.96 Å². The number of aryl methyl sites for hydroxylation is 1. The number of halogens is 1. The molecule has 0 saturated heterocycles. The standard InChI is InChI=1S/C16H25N5.HI/c1-13(2)11-19-16(17-3)18-9-6-10-21-12-20-14-7-4-5-8-15(14)21;/h4-5,7-8,12-13H,6,9-11H2,1-3H3,(H2,17,18,19);1H. The second kappa shape index (κ2) is 9.66. The molecule has 0 saturated carbocycles. The molecule has 122 valence electrons. The van der Waals surface area contributed by atoms with Crippen LogP contribution in [0.25, 0.3) is 11.0 Å². The van der Waals surface area contributed by atoms with Crippen LogP contribution in [-0.4, -0.2) is 35.6 Å². The van der Waals surface area contributed by atoms with E-state index in [1.807, 2.05) is 18.5 Å². The summed E-state index contributed by atoms with van der Waals surface area (Å²) in [4.78, 5) is 8.62. The van der Waals surface area contributed by atoms with Crippen molar-refractivity contribution in [1.82, 2.24) is 20.2 Å². The Bertz CT molecular complexity index is 591. The predicted octanol–water partition coefficient (Wildman–Crippen LogP) is 2.87. The zero-order valence-electron chi connectivity index (χ0n) is 13.5. The third-order valence-electron chi connectivity index (χ3n) is 3.30. The Balaban J connectivity index is 0.00000242. The van der Waals surface area contributed by atoms with Crippen molar-refractivity contribution in [2.75, 3.05) is 20.1 Å². The fourth-order valence-corrected chi connectivity index (χ4v) is 2.17. The highest BCUT2D eigenvalue weighted by Crippen LogP contribution is 2.11. The summed E-state index contributed by atoms with van der Waals surface area (Å²) in [6.45, 7) is 7.15. The smallest absolute Gasteiger partial charge is 0.190 e. The third kappa shape index (κ3) is 5.47. The van der Waals surface area contributed by atoms with Crippen molar-refractivity contribution >= 4 is 41.0 Å². The Morgan fingerprint density at radius 3 is 2.77 bits per heavy atom. The molecule has 1 aromatic carbocycles. The van der Waals surface area contributed by atoms with E-state index in [0.29, 0.717) is 5.92 Å². The van der Waals surface area contributed by atoms with Crippen LogP contribution in [0.15, 0.2) is 35.6 Å². The average molecular weight is 415 g/mol. The fraction of sp³-hybridized carbons (Fsp3) is 0.500. The minimum atomic E-state index is 0. The summed E-state index contributed by atoms with van der Waals surface area (Å²) in [5.41, 5.74) is 2.25. The topological polar surface area (TPSA) is 54.2 Å². The number of para-hydroxylation sites is 2. The number of guanidine groups is 1. The highest BCUT2D eigenvalue weighted by Gasteiger charge is 2.02. The molecular weight excluding hydrogens is 389 g/mol. The molecule has 0 amide bonds. The summed E-state index contributed by atoms with van der Waals surface area (Å²) in [7, 11) is 1.80. The molecule has 2 rings (SSSR count). The van der Waals surface area contributed by atoms with E-state index in [2.05, 4.69) is 51.2 Å². The van der Waals surface area contributed by atoms with Gasteiger partial charge in [-0.25, -0.2) is 4.98 Å². The van der Waals surface area contributed by atoms with Crippen molar-refractivity contribution in [1.29, 1.82) is 0 Å². The van der Waals surface area contributed by atoms with Gasteiger partial charge >= 0.3 is 0 Å². The van der Waals surface area contributed by atoms with Crippen LogP contribution in [0.1, 0.15) is 20.3 Å². The molecule has 0 atom stereocenters. The number of benzene rings is 1. The summed E-state index contributed by atoms with van der Waals surface area (Å²) in [6.07, 6.45) is 2.94. The average Bonchev–Trinajstić information content (AvgIpc) is 2.90. The van der Waals surface area contributed by atoms with Gasteiger partial charge in [0.1, 0.15) is 0 Å². The van der Waals surface area contributed by atoms with E-state index in [0.717, 1.165) is 37.5 Å². The minimum absolute atomic E-state index is 0. The van der Waals surface area contributed by atoms with Crippen molar-refractivity contribution in [2.45, 2.75) is 26.8 Å².